The van der Waals surface area contributed by atoms with E-state index < -0.39 is 0 Å². The first-order chi connectivity index (χ1) is 4.74. The van der Waals surface area contributed by atoms with Crippen LogP contribution in [0.4, 0.5) is 0 Å². The van der Waals surface area contributed by atoms with Gasteiger partial charge in [-0.25, -0.2) is 16.0 Å². The minimum Gasteiger partial charge on any atom is -0.269 e. The van der Waals surface area contributed by atoms with Gasteiger partial charge in [-0.3, -0.25) is 5.43 Å². The van der Waals surface area contributed by atoms with E-state index in [1.54, 1.807) is 0 Å². The van der Waals surface area contributed by atoms with Gasteiger partial charge in [0.2, 0.25) is 0 Å². The van der Waals surface area contributed by atoms with E-state index >= 15 is 0 Å². The Morgan fingerprint density at radius 2 is 2.50 bits per heavy atom. The summed E-state index contributed by atoms with van der Waals surface area (Å²) >= 11 is 0. The SMILES string of the molecule is C=C1N=C(CCC)NN1N. The summed E-state index contributed by atoms with van der Waals surface area (Å²) in [6.45, 7) is 5.71. The van der Waals surface area contributed by atoms with Gasteiger partial charge in [0, 0.05) is 6.42 Å². The molecule has 4 heteroatoms. The third-order valence-electron chi connectivity index (χ3n) is 1.28. The van der Waals surface area contributed by atoms with E-state index in [0.717, 1.165) is 18.7 Å². The van der Waals surface area contributed by atoms with Gasteiger partial charge in [0.15, 0.2) is 5.82 Å². The summed E-state index contributed by atoms with van der Waals surface area (Å²) in [6.07, 6.45) is 1.99. The topological polar surface area (TPSA) is 53.7 Å². The largest absolute Gasteiger partial charge is 0.269 e. The molecule has 0 atom stereocenters. The van der Waals surface area contributed by atoms with Crippen LogP contribution >= 0.6 is 0 Å². The monoisotopic (exact) mass is 140 g/mol. The van der Waals surface area contributed by atoms with Crippen LogP contribution in [-0.4, -0.2) is 11.0 Å². The Kier molecular flexibility index (Phi) is 1.91. The summed E-state index contributed by atoms with van der Waals surface area (Å²) in [5.74, 6) is 6.88. The van der Waals surface area contributed by atoms with Gasteiger partial charge in [0.25, 0.3) is 0 Å². The second-order valence-corrected chi connectivity index (χ2v) is 2.21. The second-order valence-electron chi connectivity index (χ2n) is 2.21. The number of hydrazine groups is 2. The summed E-state index contributed by atoms with van der Waals surface area (Å²) in [5.41, 5.74) is 2.87. The predicted octanol–water partition coefficient (Wildman–Crippen LogP) is 0.350. The van der Waals surface area contributed by atoms with Crippen molar-refractivity contribution >= 4 is 5.84 Å². The fraction of sp³-hybridized carbons (Fsp3) is 0.500. The van der Waals surface area contributed by atoms with E-state index in [1.807, 2.05) is 0 Å². The fourth-order valence-corrected chi connectivity index (χ4v) is 0.787. The number of nitrogens with two attached hydrogens (primary N) is 1. The molecule has 1 aliphatic rings. The van der Waals surface area contributed by atoms with Crippen LogP contribution in [0.2, 0.25) is 0 Å². The molecular weight excluding hydrogens is 128 g/mol. The van der Waals surface area contributed by atoms with Gasteiger partial charge < -0.3 is 0 Å². The Balaban J connectivity index is 2.50. The smallest absolute Gasteiger partial charge is 0.158 e. The van der Waals surface area contributed by atoms with Gasteiger partial charge in [-0.1, -0.05) is 13.5 Å². The number of nitrogens with zero attached hydrogens (tertiary/aromatic N) is 2. The molecule has 3 N–H and O–H groups in total. The van der Waals surface area contributed by atoms with Gasteiger partial charge in [0.05, 0.1) is 0 Å². The van der Waals surface area contributed by atoms with E-state index in [2.05, 4.69) is 23.9 Å². The Labute approximate surface area is 60.4 Å². The average Bonchev–Trinajstić information content (AvgIpc) is 2.14. The van der Waals surface area contributed by atoms with E-state index in [1.165, 1.54) is 5.12 Å². The molecule has 0 aliphatic carbocycles. The molecule has 0 aromatic heterocycles. The van der Waals surface area contributed by atoms with Crippen LogP contribution in [0.25, 0.3) is 0 Å². The van der Waals surface area contributed by atoms with Gasteiger partial charge in [-0.15, -0.1) is 0 Å². The van der Waals surface area contributed by atoms with E-state index in [0.29, 0.717) is 5.82 Å². The molecule has 10 heavy (non-hydrogen) atoms. The zero-order chi connectivity index (χ0) is 7.56. The molecule has 0 spiro atoms. The van der Waals surface area contributed by atoms with E-state index in [4.69, 9.17) is 5.84 Å². The van der Waals surface area contributed by atoms with Crippen molar-refractivity contribution < 1.29 is 0 Å². The number of aliphatic imine (C=N–C) groups is 1. The molecule has 1 heterocycles. The first-order valence-corrected chi connectivity index (χ1v) is 3.32. The highest BCUT2D eigenvalue weighted by Crippen LogP contribution is 2.04. The highest BCUT2D eigenvalue weighted by atomic mass is 15.7. The van der Waals surface area contributed by atoms with Crippen molar-refractivity contribution in [2.75, 3.05) is 0 Å². The number of hydrogen-bond acceptors (Lipinski definition) is 4. The molecule has 1 aliphatic heterocycles. The van der Waals surface area contributed by atoms with E-state index in [9.17, 15) is 0 Å². The predicted molar refractivity (Wildman–Crippen MR) is 40.6 cm³/mol. The maximum Gasteiger partial charge on any atom is 0.158 e. The molecule has 1 rings (SSSR count). The van der Waals surface area contributed by atoms with Crippen LogP contribution < -0.4 is 11.3 Å². The van der Waals surface area contributed by atoms with Crippen molar-refractivity contribution in [3.8, 4) is 0 Å². The summed E-state index contributed by atoms with van der Waals surface area (Å²) in [4.78, 5) is 4.07. The average molecular weight is 140 g/mol. The lowest BCUT2D eigenvalue weighted by atomic mass is 10.3. The lowest BCUT2D eigenvalue weighted by molar-refractivity contribution is 0.333. The minimum absolute atomic E-state index is 0.573. The molecule has 0 radical (unpaired) electrons. The molecule has 56 valence electrons. The number of nitrogens with one attached hydrogen (secondary N) is 1. The van der Waals surface area contributed by atoms with Crippen LogP contribution in [0.15, 0.2) is 17.4 Å². The van der Waals surface area contributed by atoms with Crippen molar-refractivity contribution in [3.63, 3.8) is 0 Å². The standard InChI is InChI=1S/C6H12N4/c1-3-4-6-8-5(2)10(7)9-6/h2-4,7H2,1H3,(H,8,9). The Hall–Kier alpha value is -1.03. The molecule has 0 saturated heterocycles. The minimum atomic E-state index is 0.573. The van der Waals surface area contributed by atoms with Crippen molar-refractivity contribution in [2.45, 2.75) is 19.8 Å². The van der Waals surface area contributed by atoms with Crippen molar-refractivity contribution in [2.24, 2.45) is 10.8 Å². The van der Waals surface area contributed by atoms with Crippen molar-refractivity contribution in [1.82, 2.24) is 10.5 Å². The van der Waals surface area contributed by atoms with Crippen LogP contribution in [0.3, 0.4) is 0 Å². The highest BCUT2D eigenvalue weighted by molar-refractivity contribution is 5.84. The summed E-state index contributed by atoms with van der Waals surface area (Å²) < 4.78 is 0. The molecule has 0 saturated carbocycles. The molecule has 0 aromatic carbocycles. The Morgan fingerprint density at radius 1 is 1.80 bits per heavy atom. The zero-order valence-corrected chi connectivity index (χ0v) is 6.09. The summed E-state index contributed by atoms with van der Waals surface area (Å²) in [6, 6.07) is 0. The lowest BCUT2D eigenvalue weighted by Crippen LogP contribution is -2.40. The highest BCUT2D eigenvalue weighted by Gasteiger charge is 2.12. The van der Waals surface area contributed by atoms with Gasteiger partial charge in [0.1, 0.15) is 5.84 Å². The Morgan fingerprint density at radius 3 is 2.90 bits per heavy atom. The fourth-order valence-electron chi connectivity index (χ4n) is 0.787. The Bertz CT molecular complexity index is 173. The molecule has 0 fully saturated rings. The summed E-state index contributed by atoms with van der Waals surface area (Å²) in [5, 5.41) is 1.32. The maximum absolute atomic E-state index is 5.41. The third kappa shape index (κ3) is 1.27. The van der Waals surface area contributed by atoms with Gasteiger partial charge >= 0.3 is 0 Å². The second kappa shape index (κ2) is 2.70. The van der Waals surface area contributed by atoms with E-state index in [-0.39, 0.29) is 0 Å². The number of rotatable bonds is 2. The zero-order valence-electron chi connectivity index (χ0n) is 6.09. The maximum atomic E-state index is 5.41. The molecule has 0 unspecified atom stereocenters. The molecule has 4 nitrogen and oxygen atoms in total. The summed E-state index contributed by atoms with van der Waals surface area (Å²) in [7, 11) is 0. The normalized spacial score (nSPS) is 17.2. The van der Waals surface area contributed by atoms with Crippen molar-refractivity contribution in [1.29, 1.82) is 0 Å². The van der Waals surface area contributed by atoms with Gasteiger partial charge in [-0.05, 0) is 6.42 Å². The lowest BCUT2D eigenvalue weighted by Gasteiger charge is -2.10. The van der Waals surface area contributed by atoms with Crippen LogP contribution in [0.5, 0.6) is 0 Å². The molecule has 0 aromatic rings. The first kappa shape index (κ1) is 7.08. The molecule has 0 amide bonds. The third-order valence-corrected chi connectivity index (χ3v) is 1.28. The number of hydrogen-bond donors (Lipinski definition) is 2. The van der Waals surface area contributed by atoms with Crippen LogP contribution in [0, 0.1) is 0 Å². The quantitative estimate of drug-likeness (QED) is 0.544. The molecular formula is C6H12N4. The van der Waals surface area contributed by atoms with Crippen LogP contribution in [0.1, 0.15) is 19.8 Å². The van der Waals surface area contributed by atoms with Gasteiger partial charge in [-0.2, -0.15) is 0 Å². The van der Waals surface area contributed by atoms with Crippen molar-refractivity contribution in [3.05, 3.63) is 12.4 Å². The van der Waals surface area contributed by atoms with Crippen LogP contribution in [-0.2, 0) is 0 Å². The molecule has 0 bridgehead atoms. The first-order valence-electron chi connectivity index (χ1n) is 3.32. The number of amidine groups is 1.